The number of aromatic hydroxyl groups is 1. The highest BCUT2D eigenvalue weighted by molar-refractivity contribution is 5.97. The first-order valence-electron chi connectivity index (χ1n) is 9.48. The van der Waals surface area contributed by atoms with Gasteiger partial charge in [-0.05, 0) is 55.5 Å². The van der Waals surface area contributed by atoms with Gasteiger partial charge in [0, 0.05) is 31.2 Å². The molecule has 27 heavy (non-hydrogen) atoms. The largest absolute Gasteiger partial charge is 0.507 e. The summed E-state index contributed by atoms with van der Waals surface area (Å²) in [5.41, 5.74) is 1.95. The zero-order valence-corrected chi connectivity index (χ0v) is 15.5. The summed E-state index contributed by atoms with van der Waals surface area (Å²) in [7, 11) is 0. The summed E-state index contributed by atoms with van der Waals surface area (Å²) < 4.78 is 0. The van der Waals surface area contributed by atoms with Gasteiger partial charge in [0.1, 0.15) is 5.75 Å². The van der Waals surface area contributed by atoms with Crippen LogP contribution in [0.15, 0.2) is 48.5 Å². The number of phenolic OH excluding ortho intramolecular Hbond substituents is 1. The maximum Gasteiger partial charge on any atom is 0.257 e. The van der Waals surface area contributed by atoms with E-state index in [0.717, 1.165) is 18.4 Å². The normalized spacial score (nSPS) is 21.8. The van der Waals surface area contributed by atoms with Gasteiger partial charge in [0.25, 0.3) is 11.8 Å². The topological polar surface area (TPSA) is 60.9 Å². The van der Waals surface area contributed by atoms with Crippen LogP contribution in [0, 0.1) is 12.8 Å². The minimum absolute atomic E-state index is 0.00962. The Balaban J connectivity index is 1.56. The first-order chi connectivity index (χ1) is 13.0. The maximum atomic E-state index is 13.1. The van der Waals surface area contributed by atoms with E-state index in [1.807, 2.05) is 53.1 Å². The first kappa shape index (κ1) is 17.6. The highest BCUT2D eigenvalue weighted by Gasteiger charge is 2.39. The van der Waals surface area contributed by atoms with Crippen molar-refractivity contribution in [3.8, 4) is 5.75 Å². The summed E-state index contributed by atoms with van der Waals surface area (Å²) in [6.45, 7) is 3.74. The van der Waals surface area contributed by atoms with Crippen LogP contribution in [0.1, 0.15) is 39.1 Å². The molecular formula is C22H24N2O3. The minimum Gasteiger partial charge on any atom is -0.507 e. The molecule has 3 fully saturated rings. The van der Waals surface area contributed by atoms with Crippen LogP contribution in [0.3, 0.4) is 0 Å². The second kappa shape index (κ2) is 7.06. The molecule has 5 heteroatoms. The van der Waals surface area contributed by atoms with Crippen molar-refractivity contribution >= 4 is 11.8 Å². The summed E-state index contributed by atoms with van der Waals surface area (Å²) in [6.07, 6.45) is 1.91. The Bertz CT molecular complexity index is 865. The van der Waals surface area contributed by atoms with Crippen molar-refractivity contribution in [1.29, 1.82) is 0 Å². The van der Waals surface area contributed by atoms with Crippen molar-refractivity contribution in [1.82, 2.24) is 9.80 Å². The smallest absolute Gasteiger partial charge is 0.257 e. The maximum absolute atomic E-state index is 13.1. The second-order valence-electron chi connectivity index (χ2n) is 7.65. The predicted molar refractivity (Wildman–Crippen MR) is 103 cm³/mol. The SMILES string of the molecule is Cc1ccc(C(=O)N2C[C@H]3CC[C@@H]2CN(C(=O)c2ccccc2)C3)c(O)c1. The van der Waals surface area contributed by atoms with Crippen LogP contribution in [0.2, 0.25) is 0 Å². The van der Waals surface area contributed by atoms with Gasteiger partial charge in [-0.1, -0.05) is 24.3 Å². The number of carbonyl (C=O) groups excluding carboxylic acids is 2. The van der Waals surface area contributed by atoms with Gasteiger partial charge in [-0.3, -0.25) is 9.59 Å². The number of phenols is 1. The molecule has 0 radical (unpaired) electrons. The molecule has 0 aromatic heterocycles. The van der Waals surface area contributed by atoms with Crippen molar-refractivity contribution in [3.05, 3.63) is 65.2 Å². The zero-order valence-electron chi connectivity index (χ0n) is 15.5. The Morgan fingerprint density at radius 2 is 1.74 bits per heavy atom. The van der Waals surface area contributed by atoms with E-state index in [1.165, 1.54) is 0 Å². The number of rotatable bonds is 2. The molecular weight excluding hydrogens is 340 g/mol. The van der Waals surface area contributed by atoms with Crippen LogP contribution in [0.4, 0.5) is 0 Å². The number of piperidine rings is 1. The number of amides is 2. The molecule has 2 atom stereocenters. The van der Waals surface area contributed by atoms with Crippen LogP contribution < -0.4 is 0 Å². The standard InChI is InChI=1S/C22H24N2O3/c1-15-7-10-19(20(25)11-15)22(27)24-13-16-8-9-18(24)14-23(12-16)21(26)17-5-3-2-4-6-17/h2-7,10-11,16,18,25H,8-9,12-14H2,1H3/t16-,18+/m0/s1. The lowest BCUT2D eigenvalue weighted by Gasteiger charge is -2.36. The zero-order chi connectivity index (χ0) is 19.0. The molecule has 0 spiro atoms. The Labute approximate surface area is 159 Å². The van der Waals surface area contributed by atoms with E-state index >= 15 is 0 Å². The number of hydrogen-bond donors (Lipinski definition) is 1. The number of carbonyl (C=O) groups is 2. The van der Waals surface area contributed by atoms with Crippen LogP contribution in [0.5, 0.6) is 5.75 Å². The van der Waals surface area contributed by atoms with Crippen LogP contribution in [-0.4, -0.2) is 52.4 Å². The second-order valence-corrected chi connectivity index (χ2v) is 7.65. The average Bonchev–Trinajstić information content (AvgIpc) is 2.99. The lowest BCUT2D eigenvalue weighted by atomic mass is 9.94. The molecule has 3 aliphatic rings. The van der Waals surface area contributed by atoms with Crippen LogP contribution in [0.25, 0.3) is 0 Å². The molecule has 2 aromatic carbocycles. The fourth-order valence-corrected chi connectivity index (χ4v) is 4.24. The minimum atomic E-state index is -0.142. The number of hydrogen-bond acceptors (Lipinski definition) is 3. The number of benzene rings is 2. The molecule has 3 aliphatic heterocycles. The monoisotopic (exact) mass is 364 g/mol. The highest BCUT2D eigenvalue weighted by atomic mass is 16.3. The molecule has 0 saturated carbocycles. The van der Waals surface area contributed by atoms with E-state index in [4.69, 9.17) is 0 Å². The average molecular weight is 364 g/mol. The predicted octanol–water partition coefficient (Wildman–Crippen LogP) is 3.08. The molecule has 2 bridgehead atoms. The fourth-order valence-electron chi connectivity index (χ4n) is 4.24. The van der Waals surface area contributed by atoms with E-state index in [0.29, 0.717) is 30.8 Å². The Kier molecular flexibility index (Phi) is 4.60. The van der Waals surface area contributed by atoms with Crippen LogP contribution in [-0.2, 0) is 0 Å². The van der Waals surface area contributed by atoms with Crippen molar-refractivity contribution < 1.29 is 14.7 Å². The Morgan fingerprint density at radius 1 is 0.963 bits per heavy atom. The Morgan fingerprint density at radius 3 is 2.48 bits per heavy atom. The van der Waals surface area contributed by atoms with Gasteiger partial charge < -0.3 is 14.9 Å². The molecule has 5 rings (SSSR count). The fraction of sp³-hybridized carbons (Fsp3) is 0.364. The van der Waals surface area contributed by atoms with E-state index in [9.17, 15) is 14.7 Å². The molecule has 2 aromatic rings. The summed E-state index contributed by atoms with van der Waals surface area (Å²) in [5.74, 6) is 0.182. The van der Waals surface area contributed by atoms with E-state index in [2.05, 4.69) is 0 Å². The summed E-state index contributed by atoms with van der Waals surface area (Å²) in [5, 5.41) is 10.2. The lowest BCUT2D eigenvalue weighted by Crippen LogP contribution is -2.47. The quantitative estimate of drug-likeness (QED) is 0.891. The van der Waals surface area contributed by atoms with E-state index < -0.39 is 0 Å². The van der Waals surface area contributed by atoms with Gasteiger partial charge in [0.2, 0.25) is 0 Å². The summed E-state index contributed by atoms with van der Waals surface area (Å²) in [6, 6.07) is 14.5. The van der Waals surface area contributed by atoms with Gasteiger partial charge in [0.05, 0.1) is 5.56 Å². The van der Waals surface area contributed by atoms with Crippen LogP contribution >= 0.6 is 0 Å². The van der Waals surface area contributed by atoms with Crippen molar-refractivity contribution in [3.63, 3.8) is 0 Å². The Hall–Kier alpha value is -2.82. The van der Waals surface area contributed by atoms with E-state index in [-0.39, 0.29) is 29.5 Å². The molecule has 5 nitrogen and oxygen atoms in total. The third kappa shape index (κ3) is 3.42. The van der Waals surface area contributed by atoms with Crippen molar-refractivity contribution in [2.24, 2.45) is 5.92 Å². The van der Waals surface area contributed by atoms with Gasteiger partial charge in [-0.2, -0.15) is 0 Å². The van der Waals surface area contributed by atoms with E-state index in [1.54, 1.807) is 12.1 Å². The summed E-state index contributed by atoms with van der Waals surface area (Å²) >= 11 is 0. The first-order valence-corrected chi connectivity index (χ1v) is 9.48. The summed E-state index contributed by atoms with van der Waals surface area (Å²) in [4.78, 5) is 29.7. The molecule has 0 aliphatic carbocycles. The molecule has 3 saturated heterocycles. The molecule has 3 heterocycles. The van der Waals surface area contributed by atoms with Crippen molar-refractivity contribution in [2.45, 2.75) is 25.8 Å². The number of nitrogens with zero attached hydrogens (tertiary/aromatic N) is 2. The van der Waals surface area contributed by atoms with Crippen molar-refractivity contribution in [2.75, 3.05) is 19.6 Å². The molecule has 1 N–H and O–H groups in total. The van der Waals surface area contributed by atoms with Gasteiger partial charge in [-0.25, -0.2) is 0 Å². The highest BCUT2D eigenvalue weighted by Crippen LogP contribution is 2.31. The van der Waals surface area contributed by atoms with Gasteiger partial charge in [-0.15, -0.1) is 0 Å². The number of aryl methyl sites for hydroxylation is 1. The molecule has 2 amide bonds. The number of fused-ring (bicyclic) bond motifs is 4. The third-order valence-electron chi connectivity index (χ3n) is 5.67. The lowest BCUT2D eigenvalue weighted by molar-refractivity contribution is 0.0571. The van der Waals surface area contributed by atoms with Gasteiger partial charge >= 0.3 is 0 Å². The van der Waals surface area contributed by atoms with Gasteiger partial charge in [0.15, 0.2) is 0 Å². The molecule has 140 valence electrons. The molecule has 0 unspecified atom stereocenters. The third-order valence-corrected chi connectivity index (χ3v) is 5.67.